The molecule has 0 bridgehead atoms. The summed E-state index contributed by atoms with van der Waals surface area (Å²) in [6.07, 6.45) is 7.03. The van der Waals surface area contributed by atoms with Gasteiger partial charge in [0.15, 0.2) is 6.54 Å². The van der Waals surface area contributed by atoms with E-state index in [0.717, 1.165) is 77.1 Å². The fourth-order valence-corrected chi connectivity index (χ4v) is 5.14. The van der Waals surface area contributed by atoms with Gasteiger partial charge in [0.05, 0.1) is 26.2 Å². The van der Waals surface area contributed by atoms with Gasteiger partial charge in [-0.2, -0.15) is 0 Å². The molecule has 38 heavy (non-hydrogen) atoms. The normalized spacial score (nSPS) is 11.4. The zero-order chi connectivity index (χ0) is 28.0. The third kappa shape index (κ3) is 10.2. The topological polar surface area (TPSA) is 70.2 Å². The van der Waals surface area contributed by atoms with Crippen molar-refractivity contribution in [3.05, 3.63) is 58.7 Å². The number of benzene rings is 2. The van der Waals surface area contributed by atoms with Crippen LogP contribution in [0.2, 0.25) is 0 Å². The highest BCUT2D eigenvalue weighted by molar-refractivity contribution is 5.94. The average molecular weight is 524 g/mol. The van der Waals surface area contributed by atoms with Gasteiger partial charge in [-0.3, -0.25) is 9.59 Å². The largest absolute Gasteiger partial charge is 0.324 e. The molecule has 0 saturated heterocycles. The first-order valence-electron chi connectivity index (χ1n) is 14.5. The fraction of sp³-hybridized carbons (Fsp3) is 0.562. The molecule has 0 heterocycles. The second-order valence-corrected chi connectivity index (χ2v) is 10.8. The zero-order valence-corrected chi connectivity index (χ0v) is 24.7. The molecular formula is C32H51N4O2+. The van der Waals surface area contributed by atoms with E-state index < -0.39 is 0 Å². The Morgan fingerprint density at radius 1 is 0.658 bits per heavy atom. The third-order valence-corrected chi connectivity index (χ3v) is 7.83. The number of rotatable bonds is 17. The number of amides is 2. The van der Waals surface area contributed by atoms with Crippen LogP contribution in [0.4, 0.5) is 11.4 Å². The smallest absolute Gasteiger partial charge is 0.279 e. The fourth-order valence-electron chi connectivity index (χ4n) is 5.14. The molecule has 2 aromatic rings. The van der Waals surface area contributed by atoms with Crippen molar-refractivity contribution in [1.82, 2.24) is 5.32 Å². The maximum Gasteiger partial charge on any atom is 0.279 e. The maximum atomic E-state index is 12.9. The van der Waals surface area contributed by atoms with Crippen LogP contribution in [0.5, 0.6) is 0 Å². The molecule has 0 saturated carbocycles. The first-order chi connectivity index (χ1) is 18.2. The van der Waals surface area contributed by atoms with E-state index in [1.54, 1.807) is 0 Å². The molecule has 0 aliphatic rings. The number of quaternary nitrogens is 1. The number of anilines is 2. The Kier molecular flexibility index (Phi) is 13.5. The highest BCUT2D eigenvalue weighted by Gasteiger charge is 2.26. The van der Waals surface area contributed by atoms with Gasteiger partial charge in [-0.15, -0.1) is 0 Å². The van der Waals surface area contributed by atoms with Crippen LogP contribution in [0.25, 0.3) is 0 Å². The molecule has 6 heteroatoms. The van der Waals surface area contributed by atoms with Crippen LogP contribution in [0.15, 0.2) is 36.4 Å². The van der Waals surface area contributed by atoms with E-state index in [2.05, 4.69) is 29.8 Å². The lowest BCUT2D eigenvalue weighted by Gasteiger charge is -2.36. The van der Waals surface area contributed by atoms with Crippen molar-refractivity contribution in [1.29, 1.82) is 0 Å². The summed E-state index contributed by atoms with van der Waals surface area (Å²) in [4.78, 5) is 25.2. The Hall–Kier alpha value is -2.70. The molecule has 0 atom stereocenters. The average Bonchev–Trinajstić information content (AvgIpc) is 2.89. The number of carbonyl (C=O) groups excluding carboxylic acids is 2. The highest BCUT2D eigenvalue weighted by Crippen LogP contribution is 2.21. The van der Waals surface area contributed by atoms with Crippen molar-refractivity contribution >= 4 is 23.2 Å². The zero-order valence-electron chi connectivity index (χ0n) is 24.7. The summed E-state index contributed by atoms with van der Waals surface area (Å²) in [5.74, 6) is 0.125. The lowest BCUT2D eigenvalue weighted by Crippen LogP contribution is -2.52. The number of unbranched alkanes of at least 4 members (excludes halogenated alkanes) is 5. The molecule has 0 spiro atoms. The predicted octanol–water partition coefficient (Wildman–Crippen LogP) is 6.28. The number of nitrogens with zero attached hydrogens (tertiary/aromatic N) is 1. The monoisotopic (exact) mass is 523 g/mol. The van der Waals surface area contributed by atoms with Crippen molar-refractivity contribution in [3.63, 3.8) is 0 Å². The summed E-state index contributed by atoms with van der Waals surface area (Å²) < 4.78 is 0.838. The number of likely N-dealkylation sites (N-methyl/N-ethyl adjacent to an activating group) is 1. The number of carbonyl (C=O) groups is 2. The van der Waals surface area contributed by atoms with Gasteiger partial charge in [0, 0.05) is 11.4 Å². The van der Waals surface area contributed by atoms with Gasteiger partial charge in [0.2, 0.25) is 5.91 Å². The van der Waals surface area contributed by atoms with E-state index >= 15 is 0 Å². The van der Waals surface area contributed by atoms with E-state index in [-0.39, 0.29) is 11.8 Å². The second-order valence-electron chi connectivity index (χ2n) is 10.8. The minimum atomic E-state index is 0.0126. The molecule has 2 aromatic carbocycles. The first kappa shape index (κ1) is 31.5. The van der Waals surface area contributed by atoms with Crippen LogP contribution in [-0.4, -0.2) is 55.6 Å². The van der Waals surface area contributed by atoms with Gasteiger partial charge < -0.3 is 20.4 Å². The molecular weight excluding hydrogens is 472 g/mol. The quantitative estimate of drug-likeness (QED) is 0.169. The number of aryl methyl sites for hydroxylation is 4. The Bertz CT molecular complexity index is 990. The van der Waals surface area contributed by atoms with Crippen LogP contribution in [0.3, 0.4) is 0 Å². The van der Waals surface area contributed by atoms with Gasteiger partial charge in [-0.05, 0) is 89.6 Å². The van der Waals surface area contributed by atoms with Crippen LogP contribution in [0, 0.1) is 27.7 Å². The van der Waals surface area contributed by atoms with Crippen LogP contribution < -0.4 is 16.0 Å². The third-order valence-electron chi connectivity index (χ3n) is 7.83. The summed E-state index contributed by atoms with van der Waals surface area (Å²) >= 11 is 0. The summed E-state index contributed by atoms with van der Waals surface area (Å²) in [6.45, 7) is 17.3. The Balaban J connectivity index is 1.59. The van der Waals surface area contributed by atoms with Crippen molar-refractivity contribution in [2.75, 3.05) is 49.9 Å². The van der Waals surface area contributed by atoms with Gasteiger partial charge in [0.25, 0.3) is 5.91 Å². The van der Waals surface area contributed by atoms with Crippen molar-refractivity contribution < 1.29 is 14.1 Å². The summed E-state index contributed by atoms with van der Waals surface area (Å²) in [5, 5.41) is 9.47. The minimum Gasteiger partial charge on any atom is -0.324 e. The SMILES string of the molecule is CC[N+](CC)(CCCCCCCCNCC(=O)Nc1c(C)cccc1C)CC(=O)Nc1c(C)cccc1C. The van der Waals surface area contributed by atoms with Crippen molar-refractivity contribution in [2.24, 2.45) is 0 Å². The molecule has 0 aromatic heterocycles. The molecule has 2 amide bonds. The number of nitrogens with one attached hydrogen (secondary N) is 3. The standard InChI is InChI=1S/C32H50N4O2/c1-7-36(8-2,24-30(38)35-32-27(5)19-16-20-28(32)6)22-14-12-10-9-11-13-21-33-23-29(37)34-31-25(3)17-15-18-26(31)4/h15-20,33H,7-14,21-24H2,1-6H3,(H-,34,35,37,38)/p+1. The molecule has 0 aliphatic carbocycles. The van der Waals surface area contributed by atoms with E-state index in [0.29, 0.717) is 13.1 Å². The lowest BCUT2D eigenvalue weighted by molar-refractivity contribution is -0.917. The van der Waals surface area contributed by atoms with Gasteiger partial charge in [-0.25, -0.2) is 0 Å². The summed E-state index contributed by atoms with van der Waals surface area (Å²) in [6, 6.07) is 12.2. The van der Waals surface area contributed by atoms with Crippen molar-refractivity contribution in [3.8, 4) is 0 Å². The number of hydrogen-bond donors (Lipinski definition) is 3. The van der Waals surface area contributed by atoms with E-state index in [9.17, 15) is 9.59 Å². The second kappa shape index (κ2) is 16.3. The summed E-state index contributed by atoms with van der Waals surface area (Å²) in [5.41, 5.74) is 6.29. The number of hydrogen-bond acceptors (Lipinski definition) is 3. The Morgan fingerprint density at radius 2 is 1.11 bits per heavy atom. The van der Waals surface area contributed by atoms with Gasteiger partial charge >= 0.3 is 0 Å². The van der Waals surface area contributed by atoms with E-state index in [4.69, 9.17) is 0 Å². The highest BCUT2D eigenvalue weighted by atomic mass is 16.2. The maximum absolute atomic E-state index is 12.9. The van der Waals surface area contributed by atoms with Crippen LogP contribution >= 0.6 is 0 Å². The molecule has 0 fully saturated rings. The minimum absolute atomic E-state index is 0.0126. The molecule has 0 unspecified atom stereocenters. The molecule has 210 valence electrons. The Labute approximate surface area is 231 Å². The van der Waals surface area contributed by atoms with E-state index in [1.165, 1.54) is 25.7 Å². The van der Waals surface area contributed by atoms with Crippen molar-refractivity contribution in [2.45, 2.75) is 80.1 Å². The van der Waals surface area contributed by atoms with E-state index in [1.807, 2.05) is 64.1 Å². The molecule has 0 aliphatic heterocycles. The summed E-state index contributed by atoms with van der Waals surface area (Å²) in [7, 11) is 0. The molecule has 0 radical (unpaired) electrons. The first-order valence-corrected chi connectivity index (χ1v) is 14.5. The van der Waals surface area contributed by atoms with Gasteiger partial charge in [-0.1, -0.05) is 55.7 Å². The Morgan fingerprint density at radius 3 is 1.61 bits per heavy atom. The number of para-hydroxylation sites is 2. The predicted molar refractivity (Wildman–Crippen MR) is 161 cm³/mol. The van der Waals surface area contributed by atoms with Crippen LogP contribution in [0.1, 0.15) is 74.6 Å². The van der Waals surface area contributed by atoms with Crippen LogP contribution in [-0.2, 0) is 9.59 Å². The molecule has 2 rings (SSSR count). The molecule has 6 nitrogen and oxygen atoms in total. The lowest BCUT2D eigenvalue weighted by atomic mass is 10.1. The van der Waals surface area contributed by atoms with Gasteiger partial charge in [0.1, 0.15) is 0 Å². The molecule has 3 N–H and O–H groups in total.